The third-order valence-electron chi connectivity index (χ3n) is 11.1. The van der Waals surface area contributed by atoms with Crippen LogP contribution in [0.3, 0.4) is 0 Å². The lowest BCUT2D eigenvalue weighted by Crippen LogP contribution is -2.30. The standard InChI is InChI=1S/C55H98O5/c1-4-7-10-13-16-19-22-25-26-27-28-29-30-32-33-36-39-42-45-48-54(56)59-52-53(51-58-50-47-44-41-38-35-24-21-18-15-12-9-6-3)60-55(57)49-46-43-40-37-34-31-23-20-17-14-11-8-5-2/h8,11,17,20,25-26,31,34,40,43,53H,4-7,9-10,12-16,18-19,21-24,27-30,32-33,35-39,41-42,44-52H2,1-3H3/b11-8-,20-17-,26-25-,34-31-,43-40-. The Labute approximate surface area is 373 Å². The number of ether oxygens (including phenoxy) is 3. The van der Waals surface area contributed by atoms with Crippen LogP contribution in [0.5, 0.6) is 0 Å². The van der Waals surface area contributed by atoms with Gasteiger partial charge in [-0.05, 0) is 70.6 Å². The third-order valence-corrected chi connectivity index (χ3v) is 11.1. The van der Waals surface area contributed by atoms with Crippen LogP contribution in [-0.2, 0) is 23.8 Å². The number of hydrogen-bond donors (Lipinski definition) is 0. The van der Waals surface area contributed by atoms with Crippen molar-refractivity contribution < 1.29 is 23.8 Å². The van der Waals surface area contributed by atoms with Crippen LogP contribution in [0.15, 0.2) is 60.8 Å². The molecule has 0 N–H and O–H groups in total. The SMILES string of the molecule is CC/C=C\C/C=C\C/C=C\C/C=C\CCC(=O)OC(COCCCCCCCCCCCCCC)COC(=O)CCCCCCCCCCC/C=C\CCCCCCCC. The zero-order valence-corrected chi connectivity index (χ0v) is 40.0. The first-order valence-corrected chi connectivity index (χ1v) is 25.8. The fourth-order valence-corrected chi connectivity index (χ4v) is 7.22. The summed E-state index contributed by atoms with van der Waals surface area (Å²) >= 11 is 0. The van der Waals surface area contributed by atoms with Crippen molar-refractivity contribution in [2.45, 2.75) is 258 Å². The van der Waals surface area contributed by atoms with E-state index in [1.165, 1.54) is 161 Å². The van der Waals surface area contributed by atoms with Gasteiger partial charge in [-0.1, -0.05) is 229 Å². The molecule has 0 aromatic rings. The number of rotatable bonds is 47. The number of hydrogen-bond acceptors (Lipinski definition) is 5. The van der Waals surface area contributed by atoms with Gasteiger partial charge in [0.1, 0.15) is 6.61 Å². The Morgan fingerprint density at radius 3 is 1.27 bits per heavy atom. The van der Waals surface area contributed by atoms with E-state index in [1.807, 2.05) is 6.08 Å². The van der Waals surface area contributed by atoms with E-state index in [-0.39, 0.29) is 25.2 Å². The van der Waals surface area contributed by atoms with Crippen molar-refractivity contribution in [3.63, 3.8) is 0 Å². The van der Waals surface area contributed by atoms with Crippen molar-refractivity contribution >= 4 is 11.9 Å². The van der Waals surface area contributed by atoms with Crippen molar-refractivity contribution in [3.05, 3.63) is 60.8 Å². The summed E-state index contributed by atoms with van der Waals surface area (Å²) in [5, 5.41) is 0. The second-order valence-corrected chi connectivity index (χ2v) is 17.0. The maximum atomic E-state index is 12.7. The highest BCUT2D eigenvalue weighted by molar-refractivity contribution is 5.70. The van der Waals surface area contributed by atoms with Crippen molar-refractivity contribution in [1.29, 1.82) is 0 Å². The van der Waals surface area contributed by atoms with Gasteiger partial charge in [-0.3, -0.25) is 9.59 Å². The van der Waals surface area contributed by atoms with E-state index in [2.05, 4.69) is 75.5 Å². The first-order valence-electron chi connectivity index (χ1n) is 25.8. The molecule has 5 heteroatoms. The van der Waals surface area contributed by atoms with Crippen LogP contribution < -0.4 is 0 Å². The molecule has 1 unspecified atom stereocenters. The Kier molecular flexibility index (Phi) is 48.9. The van der Waals surface area contributed by atoms with E-state index in [9.17, 15) is 9.59 Å². The molecule has 0 saturated heterocycles. The second-order valence-electron chi connectivity index (χ2n) is 17.0. The average molecular weight is 839 g/mol. The molecule has 0 amide bonds. The topological polar surface area (TPSA) is 61.8 Å². The molecule has 0 aromatic heterocycles. The van der Waals surface area contributed by atoms with Crippen LogP contribution in [0.1, 0.15) is 252 Å². The van der Waals surface area contributed by atoms with Crippen molar-refractivity contribution in [2.75, 3.05) is 19.8 Å². The van der Waals surface area contributed by atoms with Crippen LogP contribution in [0.25, 0.3) is 0 Å². The van der Waals surface area contributed by atoms with Crippen LogP contribution in [0.2, 0.25) is 0 Å². The zero-order chi connectivity index (χ0) is 43.5. The minimum Gasteiger partial charge on any atom is -0.462 e. The lowest BCUT2D eigenvalue weighted by Gasteiger charge is -2.18. The summed E-state index contributed by atoms with van der Waals surface area (Å²) in [5.41, 5.74) is 0. The highest BCUT2D eigenvalue weighted by Crippen LogP contribution is 2.15. The van der Waals surface area contributed by atoms with E-state index in [1.54, 1.807) is 0 Å². The molecule has 0 aliphatic rings. The fourth-order valence-electron chi connectivity index (χ4n) is 7.22. The van der Waals surface area contributed by atoms with E-state index in [0.29, 0.717) is 25.9 Å². The van der Waals surface area contributed by atoms with Gasteiger partial charge < -0.3 is 14.2 Å². The van der Waals surface area contributed by atoms with Crippen LogP contribution in [0, 0.1) is 0 Å². The van der Waals surface area contributed by atoms with Gasteiger partial charge in [0.2, 0.25) is 0 Å². The summed E-state index contributed by atoms with van der Waals surface area (Å²) in [5.74, 6) is -0.485. The lowest BCUT2D eigenvalue weighted by molar-refractivity contribution is -0.162. The first-order chi connectivity index (χ1) is 29.6. The Hall–Kier alpha value is -2.40. The summed E-state index contributed by atoms with van der Waals surface area (Å²) in [6, 6.07) is 0. The minimum atomic E-state index is -0.572. The molecule has 348 valence electrons. The molecule has 0 saturated carbocycles. The van der Waals surface area contributed by atoms with Gasteiger partial charge in [0.25, 0.3) is 0 Å². The Morgan fingerprint density at radius 2 is 0.783 bits per heavy atom. The largest absolute Gasteiger partial charge is 0.462 e. The summed E-state index contributed by atoms with van der Waals surface area (Å²) < 4.78 is 17.3. The predicted octanol–water partition coefficient (Wildman–Crippen LogP) is 17.3. The molecule has 0 fully saturated rings. The molecular weight excluding hydrogens is 741 g/mol. The molecule has 0 rings (SSSR count). The normalized spacial score (nSPS) is 12.7. The molecule has 0 heterocycles. The van der Waals surface area contributed by atoms with Gasteiger partial charge in [0, 0.05) is 19.4 Å². The van der Waals surface area contributed by atoms with Crippen molar-refractivity contribution in [2.24, 2.45) is 0 Å². The van der Waals surface area contributed by atoms with Gasteiger partial charge in [-0.15, -0.1) is 0 Å². The molecule has 0 radical (unpaired) electrons. The molecule has 0 bridgehead atoms. The third kappa shape index (κ3) is 48.3. The van der Waals surface area contributed by atoms with Gasteiger partial charge in [0.15, 0.2) is 6.10 Å². The minimum absolute atomic E-state index is 0.0574. The van der Waals surface area contributed by atoms with Crippen LogP contribution >= 0.6 is 0 Å². The maximum Gasteiger partial charge on any atom is 0.306 e. The highest BCUT2D eigenvalue weighted by Gasteiger charge is 2.17. The number of esters is 2. The van der Waals surface area contributed by atoms with Gasteiger partial charge in [-0.25, -0.2) is 0 Å². The summed E-state index contributed by atoms with van der Waals surface area (Å²) in [7, 11) is 0. The monoisotopic (exact) mass is 839 g/mol. The Balaban J connectivity index is 4.27. The second kappa shape index (κ2) is 51.0. The van der Waals surface area contributed by atoms with Crippen molar-refractivity contribution in [3.8, 4) is 0 Å². The quantitative estimate of drug-likeness (QED) is 0.0347. The van der Waals surface area contributed by atoms with Gasteiger partial charge in [0.05, 0.1) is 6.61 Å². The number of carbonyl (C=O) groups excluding carboxylic acids is 2. The van der Waals surface area contributed by atoms with E-state index < -0.39 is 6.10 Å². The Bertz CT molecular complexity index is 1040. The van der Waals surface area contributed by atoms with Gasteiger partial charge >= 0.3 is 11.9 Å². The number of allylic oxidation sites excluding steroid dienone is 10. The first kappa shape index (κ1) is 57.6. The highest BCUT2D eigenvalue weighted by atomic mass is 16.6. The molecule has 0 aromatic carbocycles. The number of unbranched alkanes of at least 4 members (excludes halogenated alkanes) is 26. The summed E-state index contributed by atoms with van der Waals surface area (Å²) in [6.07, 6.45) is 63.9. The predicted molar refractivity (Wildman–Crippen MR) is 261 cm³/mol. The molecule has 5 nitrogen and oxygen atoms in total. The molecular formula is C55H98O5. The van der Waals surface area contributed by atoms with Gasteiger partial charge in [-0.2, -0.15) is 0 Å². The van der Waals surface area contributed by atoms with E-state index in [0.717, 1.165) is 51.4 Å². The molecule has 0 spiro atoms. The smallest absolute Gasteiger partial charge is 0.306 e. The molecule has 0 aliphatic carbocycles. The Morgan fingerprint density at radius 1 is 0.383 bits per heavy atom. The lowest BCUT2D eigenvalue weighted by atomic mass is 10.1. The average Bonchev–Trinajstić information content (AvgIpc) is 3.25. The molecule has 60 heavy (non-hydrogen) atoms. The molecule has 1 atom stereocenters. The van der Waals surface area contributed by atoms with Crippen molar-refractivity contribution in [1.82, 2.24) is 0 Å². The number of carbonyl (C=O) groups is 2. The fraction of sp³-hybridized carbons (Fsp3) is 0.782. The molecule has 0 aliphatic heterocycles. The summed E-state index contributed by atoms with van der Waals surface area (Å²) in [4.78, 5) is 25.3. The zero-order valence-electron chi connectivity index (χ0n) is 40.0. The van der Waals surface area contributed by atoms with E-state index >= 15 is 0 Å². The van der Waals surface area contributed by atoms with Crippen LogP contribution in [0.4, 0.5) is 0 Å². The maximum absolute atomic E-state index is 12.7. The summed E-state index contributed by atoms with van der Waals surface area (Å²) in [6.45, 7) is 7.65. The van der Waals surface area contributed by atoms with E-state index in [4.69, 9.17) is 14.2 Å². The van der Waals surface area contributed by atoms with Crippen LogP contribution in [-0.4, -0.2) is 37.9 Å².